The van der Waals surface area contributed by atoms with Crippen molar-refractivity contribution < 1.29 is 9.59 Å². The summed E-state index contributed by atoms with van der Waals surface area (Å²) in [6, 6.07) is 25.8. The summed E-state index contributed by atoms with van der Waals surface area (Å²) < 4.78 is 0. The van der Waals surface area contributed by atoms with Crippen LogP contribution in [0.5, 0.6) is 0 Å². The lowest BCUT2D eigenvalue weighted by atomic mass is 10.0. The zero-order chi connectivity index (χ0) is 24.3. The van der Waals surface area contributed by atoms with E-state index in [0.29, 0.717) is 31.7 Å². The molecule has 4 nitrogen and oxygen atoms in total. The Morgan fingerprint density at radius 2 is 1.59 bits per heavy atom. The zero-order valence-electron chi connectivity index (χ0n) is 20.3. The average Bonchev–Trinajstić information content (AvgIpc) is 2.83. The first-order chi connectivity index (χ1) is 16.5. The number of benzene rings is 3. The highest BCUT2D eigenvalue weighted by Gasteiger charge is 2.29. The number of hydrogen-bond acceptors (Lipinski definition) is 3. The molecule has 0 fully saturated rings. The van der Waals surface area contributed by atoms with Gasteiger partial charge >= 0.3 is 0 Å². The monoisotopic (exact) mass is 474 g/mol. The predicted octanol–water partition coefficient (Wildman–Crippen LogP) is 5.56. The molecule has 0 aromatic heterocycles. The van der Waals surface area contributed by atoms with Crippen molar-refractivity contribution in [2.75, 3.05) is 12.3 Å². The van der Waals surface area contributed by atoms with E-state index in [9.17, 15) is 9.59 Å². The Morgan fingerprint density at radius 3 is 2.26 bits per heavy atom. The molecular weight excluding hydrogens is 440 g/mol. The van der Waals surface area contributed by atoms with Crippen molar-refractivity contribution in [2.24, 2.45) is 0 Å². The molecule has 3 aromatic carbocycles. The van der Waals surface area contributed by atoms with E-state index < -0.39 is 6.04 Å². The van der Waals surface area contributed by atoms with Crippen molar-refractivity contribution in [1.29, 1.82) is 0 Å². The minimum absolute atomic E-state index is 0.00620. The van der Waals surface area contributed by atoms with Gasteiger partial charge in [-0.1, -0.05) is 77.9 Å². The SMILES string of the molecule is CCNC(=O)[C@@H](Cc1ccccc1)N(Cc1cccc(C)c1)C(=O)CCSc1ccc(C)cc1. The second-order valence-electron chi connectivity index (χ2n) is 8.52. The van der Waals surface area contributed by atoms with Gasteiger partial charge < -0.3 is 10.2 Å². The molecule has 0 aliphatic heterocycles. The maximum absolute atomic E-state index is 13.5. The van der Waals surface area contributed by atoms with Gasteiger partial charge in [-0.15, -0.1) is 11.8 Å². The maximum Gasteiger partial charge on any atom is 0.243 e. The van der Waals surface area contributed by atoms with Crippen LogP contribution in [0.4, 0.5) is 0 Å². The van der Waals surface area contributed by atoms with Gasteiger partial charge in [0.2, 0.25) is 11.8 Å². The van der Waals surface area contributed by atoms with Crippen LogP contribution in [0.25, 0.3) is 0 Å². The highest BCUT2D eigenvalue weighted by atomic mass is 32.2. The van der Waals surface area contributed by atoms with Crippen LogP contribution in [-0.4, -0.2) is 35.1 Å². The number of hydrogen-bond donors (Lipinski definition) is 1. The van der Waals surface area contributed by atoms with Gasteiger partial charge in [0.05, 0.1) is 0 Å². The van der Waals surface area contributed by atoms with Crippen molar-refractivity contribution in [3.05, 3.63) is 101 Å². The van der Waals surface area contributed by atoms with Gasteiger partial charge in [-0.05, 0) is 44.0 Å². The van der Waals surface area contributed by atoms with Crippen LogP contribution in [0.1, 0.15) is 35.6 Å². The molecule has 178 valence electrons. The fraction of sp³-hybridized carbons (Fsp3) is 0.310. The predicted molar refractivity (Wildman–Crippen MR) is 141 cm³/mol. The number of likely N-dealkylation sites (N-methyl/N-ethyl adjacent to an activating group) is 1. The van der Waals surface area contributed by atoms with Gasteiger partial charge in [-0.25, -0.2) is 0 Å². The average molecular weight is 475 g/mol. The third kappa shape index (κ3) is 7.77. The molecule has 34 heavy (non-hydrogen) atoms. The third-order valence-corrected chi connectivity index (χ3v) is 6.68. The van der Waals surface area contributed by atoms with E-state index in [1.165, 1.54) is 5.56 Å². The standard InChI is InChI=1S/C29H34N2O2S/c1-4-30-29(33)27(20-24-10-6-5-7-11-24)31(21-25-12-8-9-23(3)19-25)28(32)17-18-34-26-15-13-22(2)14-16-26/h5-16,19,27H,4,17-18,20-21H2,1-3H3,(H,30,33)/t27-/m1/s1. The topological polar surface area (TPSA) is 49.4 Å². The molecular formula is C29H34N2O2S. The van der Waals surface area contributed by atoms with E-state index in [0.717, 1.165) is 21.6 Å². The van der Waals surface area contributed by atoms with Gasteiger partial charge in [0, 0.05) is 36.6 Å². The minimum Gasteiger partial charge on any atom is -0.355 e. The number of nitrogens with one attached hydrogen (secondary N) is 1. The zero-order valence-corrected chi connectivity index (χ0v) is 21.1. The molecule has 0 saturated carbocycles. The summed E-state index contributed by atoms with van der Waals surface area (Å²) in [4.78, 5) is 29.6. The van der Waals surface area contributed by atoms with Crippen LogP contribution in [0.15, 0.2) is 83.8 Å². The van der Waals surface area contributed by atoms with E-state index in [4.69, 9.17) is 0 Å². The first-order valence-electron chi connectivity index (χ1n) is 11.8. The molecule has 0 radical (unpaired) electrons. The second kappa shape index (κ2) is 13.0. The number of rotatable bonds is 11. The molecule has 5 heteroatoms. The lowest BCUT2D eigenvalue weighted by Gasteiger charge is -2.31. The number of thioether (sulfide) groups is 1. The summed E-state index contributed by atoms with van der Waals surface area (Å²) in [5, 5.41) is 2.95. The second-order valence-corrected chi connectivity index (χ2v) is 9.69. The molecule has 0 heterocycles. The summed E-state index contributed by atoms with van der Waals surface area (Å²) in [5.74, 6) is 0.548. The molecule has 3 aromatic rings. The highest BCUT2D eigenvalue weighted by molar-refractivity contribution is 7.99. The number of carbonyl (C=O) groups excluding carboxylic acids is 2. The van der Waals surface area contributed by atoms with Gasteiger partial charge in [-0.2, -0.15) is 0 Å². The van der Waals surface area contributed by atoms with Gasteiger partial charge in [0.15, 0.2) is 0 Å². The van der Waals surface area contributed by atoms with Crippen LogP contribution in [0.3, 0.4) is 0 Å². The van der Waals surface area contributed by atoms with Crippen molar-refractivity contribution in [3.63, 3.8) is 0 Å². The van der Waals surface area contributed by atoms with Crippen LogP contribution in [0, 0.1) is 13.8 Å². The van der Waals surface area contributed by atoms with Gasteiger partial charge in [-0.3, -0.25) is 9.59 Å². The Labute approximate surface area is 207 Å². The van der Waals surface area contributed by atoms with E-state index in [-0.39, 0.29) is 11.8 Å². The number of aryl methyl sites for hydroxylation is 2. The Bertz CT molecular complexity index is 1070. The molecule has 0 aliphatic carbocycles. The highest BCUT2D eigenvalue weighted by Crippen LogP contribution is 2.21. The van der Waals surface area contributed by atoms with Crippen LogP contribution in [-0.2, 0) is 22.6 Å². The molecule has 1 N–H and O–H groups in total. The number of carbonyl (C=O) groups is 2. The maximum atomic E-state index is 13.5. The third-order valence-electron chi connectivity index (χ3n) is 5.66. The summed E-state index contributed by atoms with van der Waals surface area (Å²) in [7, 11) is 0. The summed E-state index contributed by atoms with van der Waals surface area (Å²) in [5.41, 5.74) is 4.42. The van der Waals surface area contributed by atoms with E-state index in [1.54, 1.807) is 16.7 Å². The van der Waals surface area contributed by atoms with Crippen LogP contribution in [0.2, 0.25) is 0 Å². The lowest BCUT2D eigenvalue weighted by Crippen LogP contribution is -2.50. The first kappa shape index (κ1) is 25.6. The normalized spacial score (nSPS) is 11.6. The molecule has 1 atom stereocenters. The van der Waals surface area contributed by atoms with Crippen molar-refractivity contribution in [3.8, 4) is 0 Å². The van der Waals surface area contributed by atoms with E-state index >= 15 is 0 Å². The summed E-state index contributed by atoms with van der Waals surface area (Å²) >= 11 is 1.67. The fourth-order valence-electron chi connectivity index (χ4n) is 3.89. The largest absolute Gasteiger partial charge is 0.355 e. The quantitative estimate of drug-likeness (QED) is 0.370. The smallest absolute Gasteiger partial charge is 0.243 e. The molecule has 2 amide bonds. The molecule has 0 saturated heterocycles. The first-order valence-corrected chi connectivity index (χ1v) is 12.8. The number of nitrogens with zero attached hydrogens (tertiary/aromatic N) is 1. The molecule has 0 spiro atoms. The van der Waals surface area contributed by atoms with Crippen molar-refractivity contribution >= 4 is 23.6 Å². The molecule has 3 rings (SSSR count). The van der Waals surface area contributed by atoms with Crippen molar-refractivity contribution in [2.45, 2.75) is 51.1 Å². The van der Waals surface area contributed by atoms with E-state index in [1.807, 2.05) is 62.4 Å². The van der Waals surface area contributed by atoms with E-state index in [2.05, 4.69) is 42.6 Å². The Hall–Kier alpha value is -3.05. The minimum atomic E-state index is -0.570. The fourth-order valence-corrected chi connectivity index (χ4v) is 4.73. The van der Waals surface area contributed by atoms with Crippen molar-refractivity contribution in [1.82, 2.24) is 10.2 Å². The molecule has 0 bridgehead atoms. The lowest BCUT2D eigenvalue weighted by molar-refractivity contribution is -0.140. The molecule has 0 unspecified atom stereocenters. The van der Waals surface area contributed by atoms with Gasteiger partial charge in [0.1, 0.15) is 6.04 Å². The van der Waals surface area contributed by atoms with Crippen LogP contribution < -0.4 is 5.32 Å². The van der Waals surface area contributed by atoms with Crippen LogP contribution >= 0.6 is 11.8 Å². The Morgan fingerprint density at radius 1 is 0.882 bits per heavy atom. The molecule has 0 aliphatic rings. The summed E-state index contributed by atoms with van der Waals surface area (Å²) in [6.07, 6.45) is 0.852. The Balaban J connectivity index is 1.81. The number of amides is 2. The van der Waals surface area contributed by atoms with Gasteiger partial charge in [0.25, 0.3) is 0 Å². The Kier molecular flexibility index (Phi) is 9.77. The summed E-state index contributed by atoms with van der Waals surface area (Å²) in [6.45, 7) is 6.95.